The van der Waals surface area contributed by atoms with E-state index in [1.807, 2.05) is 18.2 Å². The van der Waals surface area contributed by atoms with Crippen LogP contribution >= 0.6 is 0 Å². The van der Waals surface area contributed by atoms with Crippen molar-refractivity contribution in [3.8, 4) is 0 Å². The first kappa shape index (κ1) is 14.5. The lowest BCUT2D eigenvalue weighted by Crippen LogP contribution is -2.19. The van der Waals surface area contributed by atoms with Crippen molar-refractivity contribution in [3.05, 3.63) is 65.5 Å². The number of likely N-dealkylation sites (N-methyl/N-ethyl adjacent to an activating group) is 1. The molecule has 0 saturated carbocycles. The molecule has 1 aromatic carbocycles. The van der Waals surface area contributed by atoms with Gasteiger partial charge in [0, 0.05) is 24.4 Å². The normalized spacial score (nSPS) is 13.2. The van der Waals surface area contributed by atoms with E-state index in [-0.39, 0.29) is 6.04 Å². The van der Waals surface area contributed by atoms with Gasteiger partial charge in [0.1, 0.15) is 0 Å². The van der Waals surface area contributed by atoms with Crippen LogP contribution in [0.3, 0.4) is 0 Å². The van der Waals surface area contributed by atoms with E-state index in [0.717, 1.165) is 23.4 Å². The molecule has 0 aliphatic carbocycles. The lowest BCUT2D eigenvalue weighted by molar-refractivity contribution is -0.137. The van der Waals surface area contributed by atoms with Crippen molar-refractivity contribution < 1.29 is 13.2 Å². The molecule has 106 valence electrons. The minimum Gasteiger partial charge on any atom is -0.313 e. The monoisotopic (exact) mass is 280 g/mol. The molecule has 1 aromatic heterocycles. The van der Waals surface area contributed by atoms with E-state index >= 15 is 0 Å². The van der Waals surface area contributed by atoms with Gasteiger partial charge in [-0.2, -0.15) is 13.2 Å². The van der Waals surface area contributed by atoms with Crippen LogP contribution in [-0.4, -0.2) is 12.0 Å². The number of benzene rings is 1. The second kappa shape index (κ2) is 6.05. The zero-order valence-electron chi connectivity index (χ0n) is 11.0. The first-order valence-electron chi connectivity index (χ1n) is 6.25. The van der Waals surface area contributed by atoms with Crippen LogP contribution < -0.4 is 5.32 Å². The number of nitrogens with one attached hydrogen (secondary N) is 1. The highest BCUT2D eigenvalue weighted by Crippen LogP contribution is 2.30. The van der Waals surface area contributed by atoms with Gasteiger partial charge in [-0.3, -0.25) is 4.98 Å². The summed E-state index contributed by atoms with van der Waals surface area (Å²) in [5, 5.41) is 3.10. The van der Waals surface area contributed by atoms with Gasteiger partial charge in [0.25, 0.3) is 0 Å². The van der Waals surface area contributed by atoms with Crippen molar-refractivity contribution in [2.75, 3.05) is 7.05 Å². The predicted molar refractivity (Wildman–Crippen MR) is 71.2 cm³/mol. The molecule has 0 saturated heterocycles. The van der Waals surface area contributed by atoms with Crippen LogP contribution in [0.15, 0.2) is 48.7 Å². The summed E-state index contributed by atoms with van der Waals surface area (Å²) in [5.41, 5.74) is 1.08. The van der Waals surface area contributed by atoms with Crippen LogP contribution in [0.5, 0.6) is 0 Å². The van der Waals surface area contributed by atoms with Crippen molar-refractivity contribution in [2.45, 2.75) is 18.6 Å². The minimum absolute atomic E-state index is 0.0628. The van der Waals surface area contributed by atoms with E-state index in [9.17, 15) is 13.2 Å². The van der Waals surface area contributed by atoms with Gasteiger partial charge in [0.2, 0.25) is 0 Å². The summed E-state index contributed by atoms with van der Waals surface area (Å²) in [6.07, 6.45) is -1.97. The molecule has 0 amide bonds. The first-order chi connectivity index (χ1) is 9.50. The number of hydrogen-bond donors (Lipinski definition) is 1. The molecule has 1 heterocycles. The van der Waals surface area contributed by atoms with Crippen LogP contribution in [0.25, 0.3) is 0 Å². The van der Waals surface area contributed by atoms with Crippen LogP contribution in [-0.2, 0) is 12.6 Å². The van der Waals surface area contributed by atoms with Gasteiger partial charge in [-0.15, -0.1) is 0 Å². The van der Waals surface area contributed by atoms with Gasteiger partial charge >= 0.3 is 6.18 Å². The SMILES string of the molecule is CNC(Cc1ccccn1)c1ccc(C(F)(F)F)cc1. The molecule has 0 radical (unpaired) electrons. The van der Waals surface area contributed by atoms with Gasteiger partial charge in [0.05, 0.1) is 5.56 Å². The summed E-state index contributed by atoms with van der Waals surface area (Å²) >= 11 is 0. The Labute approximate surface area is 115 Å². The number of nitrogens with zero attached hydrogens (tertiary/aromatic N) is 1. The topological polar surface area (TPSA) is 24.9 Å². The van der Waals surface area contributed by atoms with Crippen molar-refractivity contribution >= 4 is 0 Å². The summed E-state index contributed by atoms with van der Waals surface area (Å²) in [6.45, 7) is 0. The smallest absolute Gasteiger partial charge is 0.313 e. The molecule has 0 bridgehead atoms. The predicted octanol–water partition coefficient (Wildman–Crippen LogP) is 3.60. The fraction of sp³-hybridized carbons (Fsp3) is 0.267. The molecule has 1 unspecified atom stereocenters. The number of alkyl halides is 3. The Hall–Kier alpha value is -1.88. The van der Waals surface area contributed by atoms with Crippen LogP contribution in [0.1, 0.15) is 22.9 Å². The van der Waals surface area contributed by atoms with Crippen molar-refractivity contribution in [1.29, 1.82) is 0 Å². The Balaban J connectivity index is 2.16. The van der Waals surface area contributed by atoms with Crippen LogP contribution in [0.4, 0.5) is 13.2 Å². The van der Waals surface area contributed by atoms with Crippen LogP contribution in [0.2, 0.25) is 0 Å². The molecule has 2 rings (SSSR count). The molecule has 5 heteroatoms. The molecule has 0 fully saturated rings. The van der Waals surface area contributed by atoms with E-state index in [1.54, 1.807) is 13.2 Å². The van der Waals surface area contributed by atoms with E-state index in [0.29, 0.717) is 6.42 Å². The average molecular weight is 280 g/mol. The Morgan fingerprint density at radius 3 is 2.30 bits per heavy atom. The Morgan fingerprint density at radius 2 is 1.80 bits per heavy atom. The number of pyridine rings is 1. The largest absolute Gasteiger partial charge is 0.416 e. The minimum atomic E-state index is -4.30. The highest BCUT2D eigenvalue weighted by molar-refractivity contribution is 5.27. The lowest BCUT2D eigenvalue weighted by atomic mass is 10.0. The zero-order valence-corrected chi connectivity index (χ0v) is 11.0. The second-order valence-electron chi connectivity index (χ2n) is 4.49. The molecule has 1 N–H and O–H groups in total. The Morgan fingerprint density at radius 1 is 1.10 bits per heavy atom. The summed E-state index contributed by atoms with van der Waals surface area (Å²) in [7, 11) is 1.78. The molecular formula is C15H15F3N2. The summed E-state index contributed by atoms with van der Waals surface area (Å²) in [4.78, 5) is 4.23. The van der Waals surface area contributed by atoms with E-state index in [1.165, 1.54) is 12.1 Å². The first-order valence-corrected chi connectivity index (χ1v) is 6.25. The number of rotatable bonds is 4. The molecule has 1 atom stereocenters. The average Bonchev–Trinajstić information content (AvgIpc) is 2.45. The van der Waals surface area contributed by atoms with Gasteiger partial charge in [0.15, 0.2) is 0 Å². The fourth-order valence-electron chi connectivity index (χ4n) is 2.02. The van der Waals surface area contributed by atoms with Gasteiger partial charge in [-0.05, 0) is 36.9 Å². The maximum atomic E-state index is 12.5. The van der Waals surface area contributed by atoms with E-state index in [2.05, 4.69) is 10.3 Å². The van der Waals surface area contributed by atoms with Gasteiger partial charge in [-0.1, -0.05) is 18.2 Å². The summed E-state index contributed by atoms with van der Waals surface area (Å²) < 4.78 is 37.6. The molecule has 0 aliphatic rings. The quantitative estimate of drug-likeness (QED) is 0.925. The third-order valence-electron chi connectivity index (χ3n) is 3.13. The molecule has 20 heavy (non-hydrogen) atoms. The number of halogens is 3. The maximum absolute atomic E-state index is 12.5. The molecule has 0 aliphatic heterocycles. The third kappa shape index (κ3) is 3.57. The van der Waals surface area contributed by atoms with Gasteiger partial charge < -0.3 is 5.32 Å². The molecule has 2 aromatic rings. The third-order valence-corrected chi connectivity index (χ3v) is 3.13. The zero-order chi connectivity index (χ0) is 14.6. The molecular weight excluding hydrogens is 265 g/mol. The molecule has 0 spiro atoms. The summed E-state index contributed by atoms with van der Waals surface area (Å²) in [6, 6.07) is 10.8. The molecule has 2 nitrogen and oxygen atoms in total. The number of hydrogen-bond acceptors (Lipinski definition) is 2. The van der Waals surface area contributed by atoms with E-state index < -0.39 is 11.7 Å². The number of aromatic nitrogens is 1. The highest BCUT2D eigenvalue weighted by Gasteiger charge is 2.30. The maximum Gasteiger partial charge on any atom is 0.416 e. The summed E-state index contributed by atoms with van der Waals surface area (Å²) in [5.74, 6) is 0. The Bertz CT molecular complexity index is 535. The Kier molecular flexibility index (Phi) is 4.39. The van der Waals surface area contributed by atoms with Crippen molar-refractivity contribution in [2.24, 2.45) is 0 Å². The van der Waals surface area contributed by atoms with Crippen molar-refractivity contribution in [1.82, 2.24) is 10.3 Å². The van der Waals surface area contributed by atoms with E-state index in [4.69, 9.17) is 0 Å². The van der Waals surface area contributed by atoms with Crippen molar-refractivity contribution in [3.63, 3.8) is 0 Å². The lowest BCUT2D eigenvalue weighted by Gasteiger charge is -2.17. The highest BCUT2D eigenvalue weighted by atomic mass is 19.4. The van der Waals surface area contributed by atoms with Gasteiger partial charge in [-0.25, -0.2) is 0 Å². The second-order valence-corrected chi connectivity index (χ2v) is 4.49. The fourth-order valence-corrected chi connectivity index (χ4v) is 2.02. The van der Waals surface area contributed by atoms with Crippen LogP contribution in [0, 0.1) is 0 Å². The standard InChI is InChI=1S/C15H15F3N2/c1-19-14(10-13-4-2-3-9-20-13)11-5-7-12(8-6-11)15(16,17)18/h2-9,14,19H,10H2,1H3.